The zero-order chi connectivity index (χ0) is 14.0. The van der Waals surface area contributed by atoms with Crippen molar-refractivity contribution in [1.82, 2.24) is 15.1 Å². The van der Waals surface area contributed by atoms with Crippen molar-refractivity contribution in [3.8, 4) is 0 Å². The van der Waals surface area contributed by atoms with E-state index in [2.05, 4.69) is 61.8 Å². The van der Waals surface area contributed by atoms with Gasteiger partial charge in [-0.3, -0.25) is 4.68 Å². The molecule has 19 heavy (non-hydrogen) atoms. The van der Waals surface area contributed by atoms with E-state index < -0.39 is 0 Å². The average molecular weight is 277 g/mol. The molecule has 1 N–H and O–H groups in total. The van der Waals surface area contributed by atoms with Gasteiger partial charge in [0.05, 0.1) is 5.69 Å². The fourth-order valence-electron chi connectivity index (χ4n) is 2.47. The van der Waals surface area contributed by atoms with Crippen molar-refractivity contribution in [2.75, 3.05) is 0 Å². The van der Waals surface area contributed by atoms with Crippen molar-refractivity contribution >= 4 is 11.3 Å². The Bertz CT molecular complexity index is 513. The van der Waals surface area contributed by atoms with Gasteiger partial charge in [-0.25, -0.2) is 0 Å². The highest BCUT2D eigenvalue weighted by Gasteiger charge is 2.21. The van der Waals surface area contributed by atoms with Crippen molar-refractivity contribution < 1.29 is 0 Å². The lowest BCUT2D eigenvalue weighted by Crippen LogP contribution is -2.28. The molecule has 2 heterocycles. The molecule has 0 aliphatic heterocycles. The number of rotatable bonds is 5. The molecule has 0 aromatic carbocycles. The summed E-state index contributed by atoms with van der Waals surface area (Å²) < 4.78 is 1.89. The predicted molar refractivity (Wildman–Crippen MR) is 81.4 cm³/mol. The van der Waals surface area contributed by atoms with Crippen LogP contribution in [0.4, 0.5) is 0 Å². The van der Waals surface area contributed by atoms with Crippen LogP contribution >= 0.6 is 11.3 Å². The maximum atomic E-state index is 4.43. The SMILES string of the molecule is Cc1nn(C)cc1C(C)NC(c1cccs1)C(C)C. The molecule has 0 aliphatic rings. The lowest BCUT2D eigenvalue weighted by Gasteiger charge is -2.25. The van der Waals surface area contributed by atoms with Crippen LogP contribution in [-0.4, -0.2) is 9.78 Å². The zero-order valence-corrected chi connectivity index (χ0v) is 13.2. The van der Waals surface area contributed by atoms with Crippen LogP contribution in [-0.2, 0) is 7.05 Å². The summed E-state index contributed by atoms with van der Waals surface area (Å²) in [5.41, 5.74) is 2.39. The number of nitrogens with zero attached hydrogens (tertiary/aromatic N) is 2. The monoisotopic (exact) mass is 277 g/mol. The van der Waals surface area contributed by atoms with Crippen LogP contribution < -0.4 is 5.32 Å². The summed E-state index contributed by atoms with van der Waals surface area (Å²) in [5.74, 6) is 0.568. The van der Waals surface area contributed by atoms with Crippen LogP contribution in [0.15, 0.2) is 23.7 Å². The first-order valence-corrected chi connectivity index (χ1v) is 7.66. The maximum Gasteiger partial charge on any atom is 0.0641 e. The number of aryl methyl sites for hydroxylation is 2. The Kier molecular flexibility index (Phi) is 4.42. The van der Waals surface area contributed by atoms with E-state index in [0.29, 0.717) is 18.0 Å². The smallest absolute Gasteiger partial charge is 0.0641 e. The highest BCUT2D eigenvalue weighted by atomic mass is 32.1. The minimum absolute atomic E-state index is 0.309. The lowest BCUT2D eigenvalue weighted by molar-refractivity contribution is 0.379. The standard InChI is InChI=1S/C15H23N3S/c1-10(2)15(14-7-6-8-19-14)16-11(3)13-9-18(5)17-12(13)4/h6-11,15-16H,1-5H3. The molecule has 2 aromatic rings. The highest BCUT2D eigenvalue weighted by Crippen LogP contribution is 2.29. The molecule has 2 rings (SSSR count). The summed E-state index contributed by atoms with van der Waals surface area (Å²) in [5, 5.41) is 10.3. The summed E-state index contributed by atoms with van der Waals surface area (Å²) >= 11 is 1.82. The van der Waals surface area contributed by atoms with Crippen molar-refractivity contribution in [2.24, 2.45) is 13.0 Å². The summed E-state index contributed by atoms with van der Waals surface area (Å²) in [7, 11) is 1.97. The van der Waals surface area contributed by atoms with Gasteiger partial charge >= 0.3 is 0 Å². The molecule has 2 aromatic heterocycles. The third kappa shape index (κ3) is 3.25. The second-order valence-electron chi connectivity index (χ2n) is 5.47. The molecule has 0 radical (unpaired) electrons. The molecule has 2 atom stereocenters. The molecule has 0 fully saturated rings. The van der Waals surface area contributed by atoms with Crippen molar-refractivity contribution in [2.45, 2.75) is 39.8 Å². The van der Waals surface area contributed by atoms with E-state index in [1.807, 2.05) is 23.1 Å². The third-order valence-corrected chi connectivity index (χ3v) is 4.42. The average Bonchev–Trinajstić information content (AvgIpc) is 2.95. The maximum absolute atomic E-state index is 4.43. The first-order valence-electron chi connectivity index (χ1n) is 6.78. The van der Waals surface area contributed by atoms with Gasteiger partial charge in [-0.1, -0.05) is 19.9 Å². The summed E-state index contributed by atoms with van der Waals surface area (Å²) in [6.07, 6.45) is 2.11. The molecule has 0 saturated heterocycles. The van der Waals surface area contributed by atoms with E-state index in [1.54, 1.807) is 0 Å². The molecule has 0 saturated carbocycles. The quantitative estimate of drug-likeness (QED) is 0.900. The Morgan fingerprint density at radius 3 is 2.53 bits per heavy atom. The normalized spacial score (nSPS) is 14.8. The van der Waals surface area contributed by atoms with E-state index in [0.717, 1.165) is 5.69 Å². The summed E-state index contributed by atoms with van der Waals surface area (Å²) in [6, 6.07) is 5.04. The molecule has 3 nitrogen and oxygen atoms in total. The van der Waals surface area contributed by atoms with Gasteiger partial charge in [0.2, 0.25) is 0 Å². The predicted octanol–water partition coefficient (Wildman–Crippen LogP) is 3.84. The Hall–Kier alpha value is -1.13. The minimum atomic E-state index is 0.309. The van der Waals surface area contributed by atoms with Gasteiger partial charge in [0, 0.05) is 35.8 Å². The zero-order valence-electron chi connectivity index (χ0n) is 12.3. The summed E-state index contributed by atoms with van der Waals surface area (Å²) in [4.78, 5) is 1.41. The summed E-state index contributed by atoms with van der Waals surface area (Å²) in [6.45, 7) is 8.82. The molecule has 0 spiro atoms. The van der Waals surface area contributed by atoms with Crippen LogP contribution in [0.2, 0.25) is 0 Å². The molecular formula is C15H23N3S. The fourth-order valence-corrected chi connectivity index (χ4v) is 3.43. The van der Waals surface area contributed by atoms with Crippen LogP contribution in [0.3, 0.4) is 0 Å². The Morgan fingerprint density at radius 2 is 2.05 bits per heavy atom. The van der Waals surface area contributed by atoms with Gasteiger partial charge < -0.3 is 5.32 Å². The van der Waals surface area contributed by atoms with E-state index in [9.17, 15) is 0 Å². The van der Waals surface area contributed by atoms with Crippen LogP contribution in [0, 0.1) is 12.8 Å². The van der Waals surface area contributed by atoms with E-state index in [1.165, 1.54) is 10.4 Å². The molecule has 2 unspecified atom stereocenters. The second-order valence-corrected chi connectivity index (χ2v) is 6.45. The van der Waals surface area contributed by atoms with Gasteiger partial charge in [-0.15, -0.1) is 11.3 Å². The van der Waals surface area contributed by atoms with Crippen LogP contribution in [0.25, 0.3) is 0 Å². The van der Waals surface area contributed by atoms with Gasteiger partial charge in [0.25, 0.3) is 0 Å². The minimum Gasteiger partial charge on any atom is -0.302 e. The van der Waals surface area contributed by atoms with Crippen molar-refractivity contribution in [1.29, 1.82) is 0 Å². The lowest BCUT2D eigenvalue weighted by atomic mass is 10.00. The molecule has 104 valence electrons. The molecule has 0 aliphatic carbocycles. The van der Waals surface area contributed by atoms with Gasteiger partial charge in [0.15, 0.2) is 0 Å². The van der Waals surface area contributed by atoms with Crippen molar-refractivity contribution in [3.63, 3.8) is 0 Å². The fraction of sp³-hybridized carbons (Fsp3) is 0.533. The van der Waals surface area contributed by atoms with Crippen LogP contribution in [0.5, 0.6) is 0 Å². The number of aromatic nitrogens is 2. The largest absolute Gasteiger partial charge is 0.302 e. The molecule has 0 bridgehead atoms. The Morgan fingerprint density at radius 1 is 1.32 bits per heavy atom. The Balaban J connectivity index is 2.16. The van der Waals surface area contributed by atoms with E-state index in [-0.39, 0.29) is 0 Å². The number of hydrogen-bond donors (Lipinski definition) is 1. The van der Waals surface area contributed by atoms with Crippen molar-refractivity contribution in [3.05, 3.63) is 39.8 Å². The Labute approximate surface area is 119 Å². The number of hydrogen-bond acceptors (Lipinski definition) is 3. The highest BCUT2D eigenvalue weighted by molar-refractivity contribution is 7.10. The molecule has 4 heteroatoms. The third-order valence-electron chi connectivity index (χ3n) is 3.46. The molecular weight excluding hydrogens is 254 g/mol. The van der Waals surface area contributed by atoms with E-state index in [4.69, 9.17) is 0 Å². The van der Waals surface area contributed by atoms with Crippen LogP contribution in [0.1, 0.15) is 49.0 Å². The first-order chi connectivity index (χ1) is 8.99. The van der Waals surface area contributed by atoms with E-state index >= 15 is 0 Å². The number of thiophene rings is 1. The van der Waals surface area contributed by atoms with Gasteiger partial charge in [-0.2, -0.15) is 5.10 Å². The van der Waals surface area contributed by atoms with Gasteiger partial charge in [-0.05, 0) is 31.2 Å². The number of nitrogens with one attached hydrogen (secondary N) is 1. The molecule has 0 amide bonds. The first kappa shape index (κ1) is 14.3. The second kappa shape index (κ2) is 5.88. The topological polar surface area (TPSA) is 29.9 Å². The van der Waals surface area contributed by atoms with Gasteiger partial charge in [0.1, 0.15) is 0 Å².